The first-order valence-electron chi connectivity index (χ1n) is 7.31. The third kappa shape index (κ3) is 7.09. The van der Waals surface area contributed by atoms with Gasteiger partial charge in [-0.2, -0.15) is 0 Å². The number of esters is 1. The Balaban J connectivity index is 2.54. The Hall–Kier alpha value is -0.630. The molecule has 1 saturated heterocycles. The van der Waals surface area contributed by atoms with Crippen molar-refractivity contribution in [3.63, 3.8) is 0 Å². The minimum Gasteiger partial charge on any atom is -0.470 e. The molecule has 1 heterocycles. The second kappa shape index (κ2) is 10.2. The second-order valence-corrected chi connectivity index (χ2v) is 6.38. The molecule has 0 spiro atoms. The largest absolute Gasteiger partial charge is 0.470 e. The van der Waals surface area contributed by atoms with Crippen LogP contribution < -0.4 is 0 Å². The highest BCUT2D eigenvalue weighted by atomic mass is 32.2. The Morgan fingerprint density at radius 2 is 2.23 bits per heavy atom. The van der Waals surface area contributed by atoms with Crippen LogP contribution >= 0.6 is 24.0 Å². The van der Waals surface area contributed by atoms with Gasteiger partial charge < -0.3 is 18.9 Å². The molecule has 22 heavy (non-hydrogen) atoms. The van der Waals surface area contributed by atoms with E-state index in [-0.39, 0.29) is 24.5 Å². The van der Waals surface area contributed by atoms with Gasteiger partial charge in [0.2, 0.25) is 4.38 Å². The van der Waals surface area contributed by atoms with Crippen molar-refractivity contribution in [3.8, 4) is 0 Å². The van der Waals surface area contributed by atoms with Gasteiger partial charge in [-0.05, 0) is 52.1 Å². The standard InChI is InChI=1S/C15H24O5S2/c1-5-17-14(16)8-10(2)6-7-12-13(20-15(21)22-4)9-18-11(3)19-12/h8,11-13H,5-7,9H2,1-4H3/b10-8+/t11-,12+,13+/m0/s1. The lowest BCUT2D eigenvalue weighted by Crippen LogP contribution is -2.44. The van der Waals surface area contributed by atoms with E-state index >= 15 is 0 Å². The average molecular weight is 348 g/mol. The van der Waals surface area contributed by atoms with Crippen molar-refractivity contribution in [2.24, 2.45) is 0 Å². The summed E-state index contributed by atoms with van der Waals surface area (Å²) in [5.74, 6) is -0.308. The van der Waals surface area contributed by atoms with Gasteiger partial charge in [-0.15, -0.1) is 0 Å². The number of ether oxygens (including phenoxy) is 4. The van der Waals surface area contributed by atoms with Gasteiger partial charge in [-0.1, -0.05) is 17.3 Å². The van der Waals surface area contributed by atoms with Crippen LogP contribution in [-0.2, 0) is 23.7 Å². The Kier molecular flexibility index (Phi) is 9.00. The summed E-state index contributed by atoms with van der Waals surface area (Å²) in [5.41, 5.74) is 0.951. The fourth-order valence-electron chi connectivity index (χ4n) is 2.07. The van der Waals surface area contributed by atoms with E-state index in [1.165, 1.54) is 17.8 Å². The maximum absolute atomic E-state index is 11.4. The van der Waals surface area contributed by atoms with E-state index in [1.807, 2.05) is 20.1 Å². The summed E-state index contributed by atoms with van der Waals surface area (Å²) in [5, 5.41) is 0. The van der Waals surface area contributed by atoms with Crippen LogP contribution in [0, 0.1) is 0 Å². The third-order valence-corrected chi connectivity index (χ3v) is 4.19. The van der Waals surface area contributed by atoms with Crippen LogP contribution in [0.5, 0.6) is 0 Å². The van der Waals surface area contributed by atoms with E-state index in [4.69, 9.17) is 31.2 Å². The first-order chi connectivity index (χ1) is 10.5. The lowest BCUT2D eigenvalue weighted by Gasteiger charge is -2.35. The van der Waals surface area contributed by atoms with Crippen molar-refractivity contribution < 1.29 is 23.7 Å². The van der Waals surface area contributed by atoms with Gasteiger partial charge in [-0.25, -0.2) is 4.79 Å². The Bertz CT molecular complexity index is 411. The van der Waals surface area contributed by atoms with E-state index < -0.39 is 0 Å². The van der Waals surface area contributed by atoms with Crippen molar-refractivity contribution in [2.45, 2.75) is 52.1 Å². The van der Waals surface area contributed by atoms with Crippen LogP contribution in [0.25, 0.3) is 0 Å². The fourth-order valence-corrected chi connectivity index (χ4v) is 2.42. The number of carbonyl (C=O) groups excluding carboxylic acids is 1. The van der Waals surface area contributed by atoms with Crippen molar-refractivity contribution in [1.29, 1.82) is 0 Å². The minimum absolute atomic E-state index is 0.112. The molecular weight excluding hydrogens is 324 g/mol. The Morgan fingerprint density at radius 1 is 1.50 bits per heavy atom. The molecule has 0 amide bonds. The minimum atomic E-state index is -0.308. The number of rotatable bonds is 6. The fraction of sp³-hybridized carbons (Fsp3) is 0.733. The SMILES string of the molecule is CCOC(=O)/C=C(\C)CC[C@H]1O[C@@H](C)OC[C@H]1OC(=S)SC. The quantitative estimate of drug-likeness (QED) is 0.415. The van der Waals surface area contributed by atoms with E-state index in [2.05, 4.69) is 0 Å². The summed E-state index contributed by atoms with van der Waals surface area (Å²) in [6.45, 7) is 6.38. The maximum Gasteiger partial charge on any atom is 0.330 e. The van der Waals surface area contributed by atoms with Crippen LogP contribution in [0.1, 0.15) is 33.6 Å². The third-order valence-electron chi connectivity index (χ3n) is 3.16. The van der Waals surface area contributed by atoms with Crippen LogP contribution in [0.15, 0.2) is 11.6 Å². The average Bonchev–Trinajstić information content (AvgIpc) is 2.47. The molecule has 0 aliphatic carbocycles. The normalized spacial score (nSPS) is 25.6. The summed E-state index contributed by atoms with van der Waals surface area (Å²) < 4.78 is 22.3. The second-order valence-electron chi connectivity index (χ2n) is 4.97. The Morgan fingerprint density at radius 3 is 2.86 bits per heavy atom. The van der Waals surface area contributed by atoms with Gasteiger partial charge in [0.1, 0.15) is 12.2 Å². The molecule has 0 radical (unpaired) electrons. The zero-order valence-electron chi connectivity index (χ0n) is 13.5. The molecule has 7 heteroatoms. The molecule has 0 saturated carbocycles. The summed E-state index contributed by atoms with van der Waals surface area (Å²) in [6.07, 6.45) is 4.26. The zero-order valence-corrected chi connectivity index (χ0v) is 15.1. The van der Waals surface area contributed by atoms with E-state index in [0.29, 0.717) is 17.6 Å². The molecule has 3 atom stereocenters. The van der Waals surface area contributed by atoms with E-state index in [9.17, 15) is 4.79 Å². The lowest BCUT2D eigenvalue weighted by atomic mass is 10.0. The van der Waals surface area contributed by atoms with Gasteiger partial charge in [0.15, 0.2) is 6.29 Å². The molecule has 1 aliphatic heterocycles. The van der Waals surface area contributed by atoms with Crippen molar-refractivity contribution in [2.75, 3.05) is 19.5 Å². The van der Waals surface area contributed by atoms with Gasteiger partial charge >= 0.3 is 5.97 Å². The van der Waals surface area contributed by atoms with Crippen molar-refractivity contribution in [3.05, 3.63) is 11.6 Å². The van der Waals surface area contributed by atoms with E-state index in [1.54, 1.807) is 6.92 Å². The monoisotopic (exact) mass is 348 g/mol. The highest BCUT2D eigenvalue weighted by molar-refractivity contribution is 8.22. The van der Waals surface area contributed by atoms with Crippen LogP contribution in [0.2, 0.25) is 0 Å². The van der Waals surface area contributed by atoms with Crippen molar-refractivity contribution >= 4 is 34.3 Å². The summed E-state index contributed by atoms with van der Waals surface area (Å²) in [6, 6.07) is 0. The highest BCUT2D eigenvalue weighted by Gasteiger charge is 2.32. The smallest absolute Gasteiger partial charge is 0.330 e. The molecule has 0 aromatic carbocycles. The topological polar surface area (TPSA) is 54.0 Å². The predicted octanol–water partition coefficient (Wildman–Crippen LogP) is 3.07. The van der Waals surface area contributed by atoms with Gasteiger partial charge in [-0.3, -0.25) is 0 Å². The predicted molar refractivity (Wildman–Crippen MR) is 90.9 cm³/mol. The first-order valence-corrected chi connectivity index (χ1v) is 8.95. The van der Waals surface area contributed by atoms with Gasteiger partial charge in [0, 0.05) is 6.08 Å². The van der Waals surface area contributed by atoms with Gasteiger partial charge in [0.05, 0.1) is 13.2 Å². The maximum atomic E-state index is 11.4. The molecule has 0 unspecified atom stereocenters. The number of thiocarbonyl (C=S) groups is 1. The van der Waals surface area contributed by atoms with Crippen molar-refractivity contribution in [1.82, 2.24) is 0 Å². The number of hydrogen-bond donors (Lipinski definition) is 0. The number of carbonyl (C=O) groups is 1. The zero-order chi connectivity index (χ0) is 16.5. The van der Waals surface area contributed by atoms with Gasteiger partial charge in [0.25, 0.3) is 0 Å². The number of allylic oxidation sites excluding steroid dienone is 1. The molecule has 0 N–H and O–H groups in total. The summed E-state index contributed by atoms with van der Waals surface area (Å²) in [7, 11) is 0. The number of thioether (sulfide) groups is 1. The molecule has 1 fully saturated rings. The lowest BCUT2D eigenvalue weighted by molar-refractivity contribution is -0.241. The highest BCUT2D eigenvalue weighted by Crippen LogP contribution is 2.23. The summed E-state index contributed by atoms with van der Waals surface area (Å²) in [4.78, 5) is 11.4. The molecule has 5 nitrogen and oxygen atoms in total. The molecular formula is C15H24O5S2. The van der Waals surface area contributed by atoms with E-state index in [0.717, 1.165) is 18.4 Å². The number of hydrogen-bond acceptors (Lipinski definition) is 7. The van der Waals surface area contributed by atoms with Crippen LogP contribution in [0.4, 0.5) is 0 Å². The molecule has 126 valence electrons. The first kappa shape index (κ1) is 19.4. The Labute approximate surface area is 141 Å². The van der Waals surface area contributed by atoms with Crippen LogP contribution in [-0.4, -0.2) is 48.3 Å². The molecule has 1 aliphatic rings. The molecule has 0 aromatic heterocycles. The molecule has 0 bridgehead atoms. The molecule has 1 rings (SSSR count). The van der Waals surface area contributed by atoms with Crippen LogP contribution in [0.3, 0.4) is 0 Å². The summed E-state index contributed by atoms with van der Waals surface area (Å²) >= 11 is 6.48. The molecule has 0 aromatic rings.